The molecule has 1 aromatic heterocycles. The molecule has 0 aromatic carbocycles. The lowest BCUT2D eigenvalue weighted by Crippen LogP contribution is -2.51. The van der Waals surface area contributed by atoms with Crippen LogP contribution in [0.5, 0.6) is 0 Å². The number of likely N-dealkylation sites (tertiary alicyclic amines) is 1. The molecule has 2 aliphatic rings. The van der Waals surface area contributed by atoms with E-state index in [1.54, 1.807) is 13.2 Å². The topological polar surface area (TPSA) is 71.8 Å². The summed E-state index contributed by atoms with van der Waals surface area (Å²) in [6.07, 6.45) is 9.45. The molecule has 1 aliphatic carbocycles. The van der Waals surface area contributed by atoms with Gasteiger partial charge in [-0.3, -0.25) is 9.59 Å². The molecule has 1 aromatic rings. The number of fused-ring (bicyclic) bond motifs is 1. The number of hydrogen-bond acceptors (Lipinski definition) is 4. The summed E-state index contributed by atoms with van der Waals surface area (Å²) < 4.78 is 10.1. The van der Waals surface area contributed by atoms with Crippen LogP contribution in [0.4, 0.5) is 0 Å². The lowest BCUT2D eigenvalue weighted by molar-refractivity contribution is -0.134. The Labute approximate surface area is 141 Å². The predicted octanol–water partition coefficient (Wildman–Crippen LogP) is 2.33. The molecule has 24 heavy (non-hydrogen) atoms. The molecule has 1 unspecified atom stereocenters. The van der Waals surface area contributed by atoms with Crippen LogP contribution in [0.15, 0.2) is 34.8 Å². The number of nitrogens with one attached hydrogen (secondary N) is 1. The number of nitrogens with zero attached hydrogens (tertiary/aromatic N) is 1. The molecule has 0 radical (unpaired) electrons. The maximum absolute atomic E-state index is 12.4. The maximum Gasteiger partial charge on any atom is 0.254 e. The third-order valence-electron chi connectivity index (χ3n) is 5.04. The number of carbonyl (C=O) groups is 2. The highest BCUT2D eigenvalue weighted by Crippen LogP contribution is 2.46. The van der Waals surface area contributed by atoms with Crippen molar-refractivity contribution in [2.45, 2.75) is 32.1 Å². The van der Waals surface area contributed by atoms with E-state index in [0.29, 0.717) is 31.7 Å². The van der Waals surface area contributed by atoms with E-state index in [4.69, 9.17) is 9.15 Å². The van der Waals surface area contributed by atoms with E-state index >= 15 is 0 Å². The van der Waals surface area contributed by atoms with Crippen molar-refractivity contribution >= 4 is 11.8 Å². The first-order valence-corrected chi connectivity index (χ1v) is 8.47. The second-order valence-corrected chi connectivity index (χ2v) is 6.49. The van der Waals surface area contributed by atoms with Gasteiger partial charge in [0.15, 0.2) is 0 Å². The number of amides is 2. The average molecular weight is 332 g/mol. The van der Waals surface area contributed by atoms with Gasteiger partial charge in [0.1, 0.15) is 6.26 Å². The van der Waals surface area contributed by atoms with E-state index in [1.807, 2.05) is 4.90 Å². The van der Waals surface area contributed by atoms with Gasteiger partial charge in [-0.2, -0.15) is 0 Å². The number of ether oxygens (including phenoxy) is 1. The van der Waals surface area contributed by atoms with Crippen molar-refractivity contribution in [3.8, 4) is 0 Å². The summed E-state index contributed by atoms with van der Waals surface area (Å²) in [4.78, 5) is 26.5. The molecule has 1 aliphatic heterocycles. The molecule has 1 atom stereocenters. The predicted molar refractivity (Wildman–Crippen MR) is 88.2 cm³/mol. The summed E-state index contributed by atoms with van der Waals surface area (Å²) in [6.45, 7) is 1.62. The average Bonchev–Trinajstić information content (AvgIpc) is 3.14. The summed E-state index contributed by atoms with van der Waals surface area (Å²) in [5.41, 5.74) is 1.43. The zero-order valence-electron chi connectivity index (χ0n) is 14.0. The Kier molecular flexibility index (Phi) is 5.04. The summed E-state index contributed by atoms with van der Waals surface area (Å²) >= 11 is 0. The Morgan fingerprint density at radius 3 is 3.08 bits per heavy atom. The van der Waals surface area contributed by atoms with Gasteiger partial charge in [-0.05, 0) is 31.7 Å². The Bertz CT molecular complexity index is 623. The van der Waals surface area contributed by atoms with Crippen LogP contribution in [-0.2, 0) is 9.53 Å². The van der Waals surface area contributed by atoms with Crippen LogP contribution in [0, 0.1) is 5.41 Å². The number of carbonyl (C=O) groups excluding carboxylic acids is 2. The largest absolute Gasteiger partial charge is 0.472 e. The molecule has 0 spiro atoms. The highest BCUT2D eigenvalue weighted by molar-refractivity contribution is 5.93. The number of methoxy groups -OCH3 is 1. The molecule has 2 amide bonds. The smallest absolute Gasteiger partial charge is 0.254 e. The Hall–Kier alpha value is -2.08. The number of rotatable bonds is 6. The van der Waals surface area contributed by atoms with E-state index in [2.05, 4.69) is 11.4 Å². The molecule has 0 saturated carbocycles. The van der Waals surface area contributed by atoms with E-state index in [0.717, 1.165) is 31.4 Å². The highest BCUT2D eigenvalue weighted by atomic mass is 16.5. The van der Waals surface area contributed by atoms with Crippen LogP contribution >= 0.6 is 0 Å². The van der Waals surface area contributed by atoms with Crippen molar-refractivity contribution in [1.82, 2.24) is 10.2 Å². The molecular formula is C18H24N2O4. The van der Waals surface area contributed by atoms with Crippen LogP contribution in [0.1, 0.15) is 42.5 Å². The fraction of sp³-hybridized carbons (Fsp3) is 0.556. The summed E-state index contributed by atoms with van der Waals surface area (Å²) in [6, 6.07) is 1.65. The monoisotopic (exact) mass is 332 g/mol. The second kappa shape index (κ2) is 7.21. The van der Waals surface area contributed by atoms with Gasteiger partial charge >= 0.3 is 0 Å². The number of hydrogen-bond donors (Lipinski definition) is 1. The van der Waals surface area contributed by atoms with Gasteiger partial charge in [0.05, 0.1) is 18.4 Å². The molecule has 0 bridgehead atoms. The third kappa shape index (κ3) is 3.24. The van der Waals surface area contributed by atoms with Crippen LogP contribution in [-0.4, -0.2) is 43.5 Å². The summed E-state index contributed by atoms with van der Waals surface area (Å²) in [7, 11) is 1.64. The standard InChI is InChI=1S/C18H24N2O4/c1-23-11-9-20-15-4-2-3-7-18(15,8-5-16(20)21)13-19-17(22)14-6-10-24-12-14/h4,6,10,12H,2-3,5,7-9,11,13H2,1H3,(H,19,22). The summed E-state index contributed by atoms with van der Waals surface area (Å²) in [5.74, 6) is 0.0142. The lowest BCUT2D eigenvalue weighted by atomic mass is 9.69. The molecule has 6 nitrogen and oxygen atoms in total. The van der Waals surface area contributed by atoms with Crippen LogP contribution in [0.2, 0.25) is 0 Å². The SMILES string of the molecule is COCCN1C(=O)CCC2(CNC(=O)c3ccoc3)CCCC=C12. The summed E-state index contributed by atoms with van der Waals surface area (Å²) in [5, 5.41) is 3.03. The molecule has 2 heterocycles. The van der Waals surface area contributed by atoms with Crippen LogP contribution in [0.25, 0.3) is 0 Å². The molecule has 1 N–H and O–H groups in total. The normalized spacial score (nSPS) is 23.6. The minimum Gasteiger partial charge on any atom is -0.472 e. The molecule has 1 saturated heterocycles. The first-order valence-electron chi connectivity index (χ1n) is 8.47. The number of piperidine rings is 1. The minimum absolute atomic E-state index is 0.136. The van der Waals surface area contributed by atoms with Crippen molar-refractivity contribution in [2.75, 3.05) is 26.8 Å². The zero-order valence-corrected chi connectivity index (χ0v) is 14.0. The van der Waals surface area contributed by atoms with Gasteiger partial charge in [0.25, 0.3) is 5.91 Å². The fourth-order valence-corrected chi connectivity index (χ4v) is 3.73. The number of allylic oxidation sites excluding steroid dienone is 1. The van der Waals surface area contributed by atoms with E-state index < -0.39 is 0 Å². The van der Waals surface area contributed by atoms with Gasteiger partial charge in [-0.15, -0.1) is 0 Å². The van der Waals surface area contributed by atoms with Crippen molar-refractivity contribution in [3.63, 3.8) is 0 Å². The highest BCUT2D eigenvalue weighted by Gasteiger charge is 2.44. The Balaban J connectivity index is 1.75. The zero-order chi connectivity index (χ0) is 17.0. The Morgan fingerprint density at radius 1 is 1.46 bits per heavy atom. The van der Waals surface area contributed by atoms with Crippen LogP contribution < -0.4 is 5.32 Å². The van der Waals surface area contributed by atoms with E-state index in [-0.39, 0.29) is 17.2 Å². The van der Waals surface area contributed by atoms with Crippen molar-refractivity contribution in [3.05, 3.63) is 35.9 Å². The van der Waals surface area contributed by atoms with Crippen molar-refractivity contribution < 1.29 is 18.7 Å². The van der Waals surface area contributed by atoms with Crippen molar-refractivity contribution in [1.29, 1.82) is 0 Å². The third-order valence-corrected chi connectivity index (χ3v) is 5.04. The maximum atomic E-state index is 12.4. The molecule has 1 fully saturated rings. The van der Waals surface area contributed by atoms with E-state index in [1.165, 1.54) is 12.5 Å². The van der Waals surface area contributed by atoms with Crippen LogP contribution in [0.3, 0.4) is 0 Å². The lowest BCUT2D eigenvalue weighted by Gasteiger charge is -2.47. The molecule has 130 valence electrons. The Morgan fingerprint density at radius 2 is 2.33 bits per heavy atom. The molecule has 3 rings (SSSR count). The fourth-order valence-electron chi connectivity index (χ4n) is 3.73. The van der Waals surface area contributed by atoms with Gasteiger partial charge in [-0.25, -0.2) is 0 Å². The quantitative estimate of drug-likeness (QED) is 0.868. The second-order valence-electron chi connectivity index (χ2n) is 6.49. The first-order chi connectivity index (χ1) is 11.7. The number of furan rings is 1. The minimum atomic E-state index is -0.153. The molecule has 6 heteroatoms. The molecular weight excluding hydrogens is 308 g/mol. The van der Waals surface area contributed by atoms with Gasteiger partial charge < -0.3 is 19.4 Å². The van der Waals surface area contributed by atoms with Gasteiger partial charge in [0.2, 0.25) is 5.91 Å². The first kappa shape index (κ1) is 16.8. The van der Waals surface area contributed by atoms with Crippen molar-refractivity contribution in [2.24, 2.45) is 5.41 Å². The van der Waals surface area contributed by atoms with E-state index in [9.17, 15) is 9.59 Å². The van der Waals surface area contributed by atoms with Gasteiger partial charge in [0, 0.05) is 37.7 Å². The van der Waals surface area contributed by atoms with Gasteiger partial charge in [-0.1, -0.05) is 6.08 Å².